The first-order chi connectivity index (χ1) is 21.8. The Morgan fingerprint density at radius 1 is 0.500 bits per heavy atom. The van der Waals surface area contributed by atoms with E-state index in [-0.39, 0.29) is 0 Å². The second-order valence-electron chi connectivity index (χ2n) is 11.0. The molecule has 2 aliphatic heterocycles. The van der Waals surface area contributed by atoms with Crippen LogP contribution in [0.2, 0.25) is 0 Å². The summed E-state index contributed by atoms with van der Waals surface area (Å²) in [6, 6.07) is 50.7. The van der Waals surface area contributed by atoms with Crippen LogP contribution in [0.25, 0.3) is 33.2 Å². The third-order valence-electron chi connectivity index (χ3n) is 8.38. The van der Waals surface area contributed by atoms with Gasteiger partial charge in [-0.3, -0.25) is 5.01 Å². The van der Waals surface area contributed by atoms with Crippen LogP contribution < -0.4 is 25.6 Å². The molecule has 0 spiro atoms. The first kappa shape index (κ1) is 24.6. The predicted octanol–water partition coefficient (Wildman–Crippen LogP) is 9.19. The molecular weight excluding hydrogens is 542 g/mol. The van der Waals surface area contributed by atoms with Gasteiger partial charge >= 0.3 is 0 Å². The highest BCUT2D eigenvalue weighted by Crippen LogP contribution is 2.50. The second kappa shape index (κ2) is 9.80. The average molecular weight is 570 g/mol. The number of para-hydroxylation sites is 6. The van der Waals surface area contributed by atoms with Crippen molar-refractivity contribution in [2.24, 2.45) is 0 Å². The zero-order valence-electron chi connectivity index (χ0n) is 23.7. The number of rotatable bonds is 4. The monoisotopic (exact) mass is 569 g/mol. The number of nitrogens with zero attached hydrogens (tertiary/aromatic N) is 3. The lowest BCUT2D eigenvalue weighted by Crippen LogP contribution is -2.36. The number of nitrogens with one attached hydrogen (secondary N) is 2. The van der Waals surface area contributed by atoms with Crippen LogP contribution in [0.1, 0.15) is 5.56 Å². The number of benzene rings is 6. The normalized spacial score (nSPS) is 13.8. The van der Waals surface area contributed by atoms with Crippen molar-refractivity contribution in [2.75, 3.05) is 9.91 Å². The van der Waals surface area contributed by atoms with Crippen molar-refractivity contribution in [3.8, 4) is 17.2 Å². The van der Waals surface area contributed by atoms with E-state index in [1.54, 1.807) is 0 Å². The maximum Gasteiger partial charge on any atom is 0.151 e. The van der Waals surface area contributed by atoms with E-state index in [4.69, 9.17) is 4.74 Å². The summed E-state index contributed by atoms with van der Waals surface area (Å²) in [5.41, 5.74) is 16.4. The van der Waals surface area contributed by atoms with E-state index in [0.29, 0.717) is 0 Å². The molecule has 2 aliphatic rings. The third kappa shape index (κ3) is 3.86. The summed E-state index contributed by atoms with van der Waals surface area (Å²) < 4.78 is 8.55. The Bertz CT molecular complexity index is 2130. The molecule has 7 aromatic rings. The predicted molar refractivity (Wildman–Crippen MR) is 179 cm³/mol. The van der Waals surface area contributed by atoms with Crippen LogP contribution in [0.4, 0.5) is 22.7 Å². The molecule has 210 valence electrons. The maximum absolute atomic E-state index is 6.21. The highest BCUT2D eigenvalue weighted by atomic mass is 16.5. The van der Waals surface area contributed by atoms with Crippen LogP contribution in [0.15, 0.2) is 152 Å². The van der Waals surface area contributed by atoms with Crippen LogP contribution in [0, 0.1) is 0 Å². The number of fused-ring (bicyclic) bond motifs is 5. The molecule has 0 amide bonds. The van der Waals surface area contributed by atoms with Crippen LogP contribution in [-0.4, -0.2) is 4.57 Å². The van der Waals surface area contributed by atoms with Gasteiger partial charge in [-0.25, -0.2) is 0 Å². The lowest BCUT2D eigenvalue weighted by Gasteiger charge is -2.33. The van der Waals surface area contributed by atoms with Crippen LogP contribution in [-0.2, 0) is 0 Å². The smallest absolute Gasteiger partial charge is 0.151 e. The van der Waals surface area contributed by atoms with Gasteiger partial charge in [0.25, 0.3) is 0 Å². The first-order valence-electron chi connectivity index (χ1n) is 14.7. The Morgan fingerprint density at radius 2 is 1.09 bits per heavy atom. The van der Waals surface area contributed by atoms with Crippen molar-refractivity contribution in [2.45, 2.75) is 0 Å². The van der Waals surface area contributed by atoms with E-state index in [1.807, 2.05) is 41.4 Å². The maximum atomic E-state index is 6.21. The molecule has 6 heteroatoms. The largest absolute Gasteiger partial charge is 0.453 e. The molecule has 1 aromatic heterocycles. The van der Waals surface area contributed by atoms with Gasteiger partial charge in [-0.1, -0.05) is 78.9 Å². The molecular formula is C38H27N5O. The lowest BCUT2D eigenvalue weighted by atomic mass is 10.1. The minimum atomic E-state index is 0.837. The highest BCUT2D eigenvalue weighted by Gasteiger charge is 2.26. The summed E-state index contributed by atoms with van der Waals surface area (Å²) in [6.45, 7) is 0. The standard InChI is InChI=1S/C38H27N5O/c1-3-14-33-30(12-1)31-13-2-4-15-34(31)42(33)27-22-20-26(21-23-27)32-25-41(40-39-32)28-10-9-11-29(24-28)43-35-16-5-7-18-37(35)44-38-19-8-6-17-36(38)43/h1-25,39-40H. The fourth-order valence-electron chi connectivity index (χ4n) is 6.36. The molecule has 9 rings (SSSR count). The summed E-state index contributed by atoms with van der Waals surface area (Å²) in [5, 5.41) is 4.54. The Kier molecular flexibility index (Phi) is 5.48. The van der Waals surface area contributed by atoms with E-state index in [9.17, 15) is 0 Å². The zero-order chi connectivity index (χ0) is 29.0. The molecule has 0 saturated heterocycles. The van der Waals surface area contributed by atoms with Crippen molar-refractivity contribution in [3.05, 3.63) is 157 Å². The van der Waals surface area contributed by atoms with Gasteiger partial charge in [0.05, 0.1) is 33.8 Å². The molecule has 6 nitrogen and oxygen atoms in total. The van der Waals surface area contributed by atoms with Crippen molar-refractivity contribution in [3.63, 3.8) is 0 Å². The summed E-state index contributed by atoms with van der Waals surface area (Å²) in [7, 11) is 0. The number of ether oxygens (including phenoxy) is 1. The lowest BCUT2D eigenvalue weighted by molar-refractivity contribution is 0.477. The first-order valence-corrected chi connectivity index (χ1v) is 14.7. The van der Waals surface area contributed by atoms with E-state index in [0.717, 1.165) is 51.2 Å². The number of hydrazine groups is 2. The molecule has 44 heavy (non-hydrogen) atoms. The van der Waals surface area contributed by atoms with Crippen LogP contribution in [0.5, 0.6) is 11.5 Å². The fraction of sp³-hybridized carbons (Fsp3) is 0. The molecule has 0 atom stereocenters. The minimum absolute atomic E-state index is 0.837. The summed E-state index contributed by atoms with van der Waals surface area (Å²) in [4.78, 5) is 2.25. The number of aromatic nitrogens is 1. The average Bonchev–Trinajstić information content (AvgIpc) is 3.71. The number of hydrogen-bond acceptors (Lipinski definition) is 5. The molecule has 3 heterocycles. The molecule has 0 radical (unpaired) electrons. The van der Waals surface area contributed by atoms with E-state index in [1.165, 1.54) is 21.8 Å². The van der Waals surface area contributed by atoms with Gasteiger partial charge in [-0.15, -0.1) is 5.53 Å². The van der Waals surface area contributed by atoms with Gasteiger partial charge in [0.1, 0.15) is 0 Å². The molecule has 2 N–H and O–H groups in total. The van der Waals surface area contributed by atoms with Crippen molar-refractivity contribution >= 4 is 50.3 Å². The molecule has 6 aromatic carbocycles. The van der Waals surface area contributed by atoms with Crippen molar-refractivity contribution in [1.29, 1.82) is 0 Å². The quantitative estimate of drug-likeness (QED) is 0.221. The molecule has 0 unspecified atom stereocenters. The Morgan fingerprint density at radius 3 is 1.77 bits per heavy atom. The summed E-state index contributed by atoms with van der Waals surface area (Å²) in [5.74, 6) is 1.67. The molecule has 0 fully saturated rings. The van der Waals surface area contributed by atoms with Crippen molar-refractivity contribution in [1.82, 2.24) is 15.5 Å². The summed E-state index contributed by atoms with van der Waals surface area (Å²) in [6.07, 6.45) is 2.09. The van der Waals surface area contributed by atoms with Gasteiger partial charge in [0.2, 0.25) is 0 Å². The van der Waals surface area contributed by atoms with Gasteiger partial charge in [0, 0.05) is 33.9 Å². The van der Waals surface area contributed by atoms with E-state index >= 15 is 0 Å². The topological polar surface area (TPSA) is 44.7 Å². The van der Waals surface area contributed by atoms with Crippen LogP contribution in [0.3, 0.4) is 0 Å². The summed E-state index contributed by atoms with van der Waals surface area (Å²) >= 11 is 0. The van der Waals surface area contributed by atoms with E-state index < -0.39 is 0 Å². The molecule has 0 saturated carbocycles. The van der Waals surface area contributed by atoms with Gasteiger partial charge < -0.3 is 19.6 Å². The minimum Gasteiger partial charge on any atom is -0.453 e. The number of anilines is 4. The van der Waals surface area contributed by atoms with Gasteiger partial charge in [0.15, 0.2) is 11.5 Å². The van der Waals surface area contributed by atoms with E-state index in [2.05, 4.69) is 136 Å². The SMILES string of the molecule is C1=C(c2ccc(-n3c4ccccc4c4ccccc43)cc2)NNN1c1cccc(N2c3ccccc3Oc3ccccc32)c1. The Labute approximate surface area is 254 Å². The number of hydrogen-bond donors (Lipinski definition) is 2. The molecule has 0 bridgehead atoms. The Balaban J connectivity index is 1.04. The fourth-order valence-corrected chi connectivity index (χ4v) is 6.36. The van der Waals surface area contributed by atoms with Gasteiger partial charge in [-0.2, -0.15) is 0 Å². The van der Waals surface area contributed by atoms with Crippen molar-refractivity contribution < 1.29 is 4.74 Å². The molecule has 0 aliphatic carbocycles. The zero-order valence-corrected chi connectivity index (χ0v) is 23.7. The Hall–Kier alpha value is -5.98. The second-order valence-corrected chi connectivity index (χ2v) is 11.0. The third-order valence-corrected chi connectivity index (χ3v) is 8.38. The van der Waals surface area contributed by atoms with Crippen LogP contribution >= 0.6 is 0 Å². The van der Waals surface area contributed by atoms with Gasteiger partial charge in [-0.05, 0) is 66.7 Å². The highest BCUT2D eigenvalue weighted by molar-refractivity contribution is 6.09.